The Bertz CT molecular complexity index is 1930. The third kappa shape index (κ3) is 10.3. The summed E-state index contributed by atoms with van der Waals surface area (Å²) < 4.78 is 49.7. The maximum Gasteiger partial charge on any atom is 0.338 e. The molecule has 290 valence electrons. The molecule has 56 heavy (non-hydrogen) atoms. The van der Waals surface area contributed by atoms with Crippen LogP contribution in [0.1, 0.15) is 37.4 Å². The van der Waals surface area contributed by atoms with Crippen molar-refractivity contribution in [3.05, 3.63) is 179 Å². The summed E-state index contributed by atoms with van der Waals surface area (Å²) in [4.78, 5) is 26.5. The number of carbonyl (C=O) groups is 2. The molecular weight excluding hydrogens is 716 g/mol. The van der Waals surface area contributed by atoms with E-state index in [2.05, 4.69) is 0 Å². The molecule has 2 fully saturated rings. The Morgan fingerprint density at radius 3 is 1.41 bits per heavy atom. The molecule has 0 unspecified atom stereocenters. The average Bonchev–Trinajstić information content (AvgIpc) is 3.73. The normalized spacial score (nSPS) is 24.4. The summed E-state index contributed by atoms with van der Waals surface area (Å²) >= 11 is 0. The molecule has 2 heterocycles. The van der Waals surface area contributed by atoms with Gasteiger partial charge in [-0.15, -0.1) is 0 Å². The van der Waals surface area contributed by atoms with E-state index in [-0.39, 0.29) is 37.6 Å². The monoisotopic (exact) mass is 760 g/mol. The number of rotatable bonds is 17. The van der Waals surface area contributed by atoms with Crippen molar-refractivity contribution in [1.82, 2.24) is 0 Å². The smallest absolute Gasteiger partial charge is 0.338 e. The summed E-state index contributed by atoms with van der Waals surface area (Å²) in [6.45, 7) is 0.824. The van der Waals surface area contributed by atoms with Crippen LogP contribution in [-0.2, 0) is 57.7 Å². The summed E-state index contributed by atoms with van der Waals surface area (Å²) in [6.07, 6.45) is -8.27. The van der Waals surface area contributed by atoms with Gasteiger partial charge in [0.05, 0.1) is 44.2 Å². The Labute approximate surface area is 325 Å². The molecule has 0 aliphatic carbocycles. The van der Waals surface area contributed by atoms with Crippen LogP contribution in [0.25, 0.3) is 0 Å². The van der Waals surface area contributed by atoms with Gasteiger partial charge in [0.15, 0.2) is 24.8 Å². The van der Waals surface area contributed by atoms with Gasteiger partial charge in [-0.05, 0) is 41.0 Å². The third-order valence-corrected chi connectivity index (χ3v) is 9.45. The maximum absolute atomic E-state index is 13.3. The van der Waals surface area contributed by atoms with Gasteiger partial charge in [0, 0.05) is 0 Å². The number of carbonyl (C=O) groups excluding carboxylic acids is 2. The largest absolute Gasteiger partial charge is 0.452 e. The van der Waals surface area contributed by atoms with Crippen LogP contribution in [0.2, 0.25) is 0 Å². The minimum Gasteiger partial charge on any atom is -0.452 e. The first-order valence-corrected chi connectivity index (χ1v) is 18.6. The fourth-order valence-corrected chi connectivity index (χ4v) is 6.57. The van der Waals surface area contributed by atoms with Gasteiger partial charge in [0.1, 0.15) is 24.4 Å². The minimum atomic E-state index is -1.62. The van der Waals surface area contributed by atoms with Crippen LogP contribution in [0.15, 0.2) is 152 Å². The van der Waals surface area contributed by atoms with Crippen LogP contribution in [0.3, 0.4) is 0 Å². The molecule has 1 N–H and O–H groups in total. The Balaban J connectivity index is 1.11. The van der Waals surface area contributed by atoms with Crippen molar-refractivity contribution in [2.75, 3.05) is 13.2 Å². The van der Waals surface area contributed by atoms with Crippen LogP contribution in [0.5, 0.6) is 0 Å². The van der Waals surface area contributed by atoms with Crippen molar-refractivity contribution in [3.63, 3.8) is 0 Å². The van der Waals surface area contributed by atoms with E-state index < -0.39 is 61.1 Å². The van der Waals surface area contributed by atoms with Gasteiger partial charge in [0.25, 0.3) is 0 Å². The molecule has 2 saturated heterocycles. The fourth-order valence-electron chi connectivity index (χ4n) is 6.57. The zero-order valence-electron chi connectivity index (χ0n) is 30.6. The molecule has 2 aliphatic heterocycles. The Hall–Kier alpha value is -5.24. The molecule has 0 spiro atoms. The van der Waals surface area contributed by atoms with E-state index in [0.717, 1.165) is 16.7 Å². The van der Waals surface area contributed by atoms with E-state index in [4.69, 9.17) is 37.9 Å². The molecule has 11 heteroatoms. The minimum absolute atomic E-state index is 0.173. The van der Waals surface area contributed by atoms with Gasteiger partial charge >= 0.3 is 11.9 Å². The molecule has 0 saturated carbocycles. The van der Waals surface area contributed by atoms with Crippen molar-refractivity contribution >= 4 is 11.9 Å². The second-order valence-corrected chi connectivity index (χ2v) is 13.4. The highest BCUT2D eigenvalue weighted by molar-refractivity contribution is 5.90. The number of hydrogen-bond donors (Lipinski definition) is 1. The van der Waals surface area contributed by atoms with Crippen molar-refractivity contribution < 1.29 is 52.6 Å². The van der Waals surface area contributed by atoms with Gasteiger partial charge in [0.2, 0.25) is 0 Å². The number of benzene rings is 5. The summed E-state index contributed by atoms with van der Waals surface area (Å²) in [5, 5.41) is 11.1. The molecule has 0 bridgehead atoms. The highest BCUT2D eigenvalue weighted by Crippen LogP contribution is 2.33. The Morgan fingerprint density at radius 2 is 0.893 bits per heavy atom. The lowest BCUT2D eigenvalue weighted by Crippen LogP contribution is -2.43. The van der Waals surface area contributed by atoms with Crippen molar-refractivity contribution in [2.45, 2.75) is 69.0 Å². The van der Waals surface area contributed by atoms with E-state index in [9.17, 15) is 14.7 Å². The lowest BCUT2D eigenvalue weighted by Gasteiger charge is -2.26. The summed E-state index contributed by atoms with van der Waals surface area (Å²) in [6, 6.07) is 46.0. The fraction of sp³-hybridized carbons (Fsp3) is 0.289. The molecule has 2 aliphatic rings. The zero-order chi connectivity index (χ0) is 38.5. The third-order valence-electron chi connectivity index (χ3n) is 9.45. The number of esters is 2. The maximum atomic E-state index is 13.3. The second-order valence-electron chi connectivity index (χ2n) is 13.4. The predicted octanol–water partition coefficient (Wildman–Crippen LogP) is 6.28. The highest BCUT2D eigenvalue weighted by atomic mass is 16.7. The summed E-state index contributed by atoms with van der Waals surface area (Å²) in [5.41, 5.74) is 3.44. The van der Waals surface area contributed by atoms with Crippen LogP contribution in [0, 0.1) is 0 Å². The number of hydrogen-bond acceptors (Lipinski definition) is 11. The molecule has 5 aromatic rings. The lowest BCUT2D eigenvalue weighted by atomic mass is 10.1. The first kappa shape index (κ1) is 39.0. The first-order valence-electron chi connectivity index (χ1n) is 18.6. The standard InChI is InChI=1S/C45H44O11/c46-42(34-22-12-4-13-23-34)55-39-37(53-44(48)40(39)56-43(47)35-24-14-5-15-25-35)30-52-45-41(51-28-33-20-10-3-11-21-33)38(50-27-32-18-8-2-9-19-32)36(54-45)29-49-26-31-16-6-1-7-17-31/h1-25,36-41,44-45,48H,26-30H2/t36-,37-,38-,39-,40+,41+,44+,45+/m1/s1. The molecule has 0 amide bonds. The molecule has 11 nitrogen and oxygen atoms in total. The second kappa shape index (κ2) is 19.6. The zero-order valence-corrected chi connectivity index (χ0v) is 30.6. The highest BCUT2D eigenvalue weighted by Gasteiger charge is 2.52. The first-order chi connectivity index (χ1) is 27.5. The topological polar surface area (TPSA) is 128 Å². The summed E-state index contributed by atoms with van der Waals surface area (Å²) in [7, 11) is 0. The van der Waals surface area contributed by atoms with Gasteiger partial charge in [-0.2, -0.15) is 0 Å². The molecule has 0 radical (unpaired) electrons. The SMILES string of the molecule is O=C(O[C@H]1[C@H](OC(=O)c2ccccc2)[C@@H](CO[C@H]2O[C@H](COCc3ccccc3)[C@@H](OCc3ccccc3)[C@@H]2OCc2ccccc2)O[C@@H]1O)c1ccccc1. The Morgan fingerprint density at radius 1 is 0.464 bits per heavy atom. The van der Waals surface area contributed by atoms with Gasteiger partial charge in [-0.25, -0.2) is 9.59 Å². The molecule has 5 aromatic carbocycles. The molecule has 7 rings (SSSR count). The van der Waals surface area contributed by atoms with Gasteiger partial charge < -0.3 is 43.0 Å². The van der Waals surface area contributed by atoms with Crippen LogP contribution in [-0.4, -0.2) is 79.5 Å². The predicted molar refractivity (Wildman–Crippen MR) is 203 cm³/mol. The van der Waals surface area contributed by atoms with E-state index in [1.54, 1.807) is 60.7 Å². The van der Waals surface area contributed by atoms with Gasteiger partial charge in [-0.1, -0.05) is 127 Å². The molecule has 0 aromatic heterocycles. The lowest BCUT2D eigenvalue weighted by molar-refractivity contribution is -0.208. The molecular formula is C45H44O11. The number of aliphatic hydroxyl groups is 1. The summed E-state index contributed by atoms with van der Waals surface area (Å²) in [5.74, 6) is -1.41. The quantitative estimate of drug-likeness (QED) is 0.108. The van der Waals surface area contributed by atoms with E-state index in [1.807, 2.05) is 91.0 Å². The van der Waals surface area contributed by atoms with E-state index >= 15 is 0 Å². The average molecular weight is 761 g/mol. The molecule has 8 atom stereocenters. The van der Waals surface area contributed by atoms with Crippen molar-refractivity contribution in [2.24, 2.45) is 0 Å². The van der Waals surface area contributed by atoms with Crippen LogP contribution < -0.4 is 0 Å². The van der Waals surface area contributed by atoms with Crippen molar-refractivity contribution in [3.8, 4) is 0 Å². The number of ether oxygens (including phenoxy) is 8. The van der Waals surface area contributed by atoms with E-state index in [1.165, 1.54) is 0 Å². The van der Waals surface area contributed by atoms with E-state index in [0.29, 0.717) is 6.61 Å². The van der Waals surface area contributed by atoms with Crippen LogP contribution >= 0.6 is 0 Å². The van der Waals surface area contributed by atoms with Crippen LogP contribution in [0.4, 0.5) is 0 Å². The Kier molecular flexibility index (Phi) is 13.6. The van der Waals surface area contributed by atoms with Gasteiger partial charge in [-0.3, -0.25) is 0 Å². The number of aliphatic hydroxyl groups excluding tert-OH is 1. The van der Waals surface area contributed by atoms with Crippen molar-refractivity contribution in [1.29, 1.82) is 0 Å².